The van der Waals surface area contributed by atoms with Crippen LogP contribution in [0.3, 0.4) is 0 Å². The van der Waals surface area contributed by atoms with Crippen molar-refractivity contribution >= 4 is 23.2 Å². The lowest BCUT2D eigenvalue weighted by atomic mass is 10.2. The van der Waals surface area contributed by atoms with Gasteiger partial charge in [-0.1, -0.05) is 23.2 Å². The van der Waals surface area contributed by atoms with Crippen molar-refractivity contribution in [1.82, 2.24) is 34.7 Å². The van der Waals surface area contributed by atoms with E-state index in [9.17, 15) is 0 Å². The number of halogens is 2. The minimum atomic E-state index is 0.292. The lowest BCUT2D eigenvalue weighted by Gasteiger charge is -2.23. The summed E-state index contributed by atoms with van der Waals surface area (Å²) >= 11 is 12.7. The van der Waals surface area contributed by atoms with Crippen LogP contribution < -0.4 is 5.32 Å². The number of nitriles is 1. The molecule has 188 valence electrons. The minimum absolute atomic E-state index is 0.292. The molecule has 0 unspecified atom stereocenters. The van der Waals surface area contributed by atoms with Gasteiger partial charge < -0.3 is 5.32 Å². The molecule has 10 heteroatoms. The van der Waals surface area contributed by atoms with Crippen LogP contribution in [-0.2, 0) is 39.1 Å². The summed E-state index contributed by atoms with van der Waals surface area (Å²) in [6, 6.07) is 3.17. The topological polar surface area (TPSA) is 77.9 Å². The zero-order valence-electron chi connectivity index (χ0n) is 21.1. The van der Waals surface area contributed by atoms with Gasteiger partial charge in [0.2, 0.25) is 0 Å². The summed E-state index contributed by atoms with van der Waals surface area (Å²) in [5.74, 6) is 0. The van der Waals surface area contributed by atoms with Gasteiger partial charge in [-0.25, -0.2) is 0 Å². The van der Waals surface area contributed by atoms with Gasteiger partial charge in [0.15, 0.2) is 0 Å². The number of hydrogen-bond donors (Lipinski definition) is 1. The molecule has 0 bridgehead atoms. The van der Waals surface area contributed by atoms with Crippen LogP contribution in [-0.4, -0.2) is 61.6 Å². The van der Waals surface area contributed by atoms with E-state index in [1.807, 2.05) is 11.7 Å². The molecule has 8 nitrogen and oxygen atoms in total. The van der Waals surface area contributed by atoms with Crippen molar-refractivity contribution < 1.29 is 0 Å². The Hall–Kier alpha value is -1.63. The number of rotatable bonds is 5. The van der Waals surface area contributed by atoms with Crippen LogP contribution in [0.2, 0.25) is 10.0 Å². The van der Waals surface area contributed by atoms with Crippen LogP contribution in [0.15, 0.2) is 0 Å². The molecule has 0 saturated heterocycles. The highest BCUT2D eigenvalue weighted by atomic mass is 35.5. The summed E-state index contributed by atoms with van der Waals surface area (Å²) in [5.41, 5.74) is 3.91. The molecular formula is C24H38Cl2N8. The highest BCUT2D eigenvalue weighted by Crippen LogP contribution is 2.27. The van der Waals surface area contributed by atoms with Crippen LogP contribution in [0.25, 0.3) is 0 Å². The lowest BCUT2D eigenvalue weighted by Crippen LogP contribution is -2.30. The number of aromatic nitrogens is 4. The van der Waals surface area contributed by atoms with Crippen molar-refractivity contribution in [2.45, 2.75) is 91.8 Å². The molecule has 2 aromatic rings. The number of aryl methyl sites for hydroxylation is 2. The Kier molecular flexibility index (Phi) is 9.81. The van der Waals surface area contributed by atoms with Crippen molar-refractivity contribution in [3.05, 3.63) is 32.8 Å². The first-order valence-electron chi connectivity index (χ1n) is 12.2. The first-order valence-corrected chi connectivity index (χ1v) is 13.0. The van der Waals surface area contributed by atoms with E-state index in [1.165, 1.54) is 5.69 Å². The number of nitrogens with zero attached hydrogens (tertiary/aromatic N) is 7. The van der Waals surface area contributed by atoms with E-state index in [4.69, 9.17) is 28.5 Å². The Morgan fingerprint density at radius 3 is 1.76 bits per heavy atom. The molecule has 0 amide bonds. The van der Waals surface area contributed by atoms with Crippen molar-refractivity contribution in [2.24, 2.45) is 0 Å². The minimum Gasteiger partial charge on any atom is -0.314 e. The molecule has 4 heterocycles. The molecule has 2 aliphatic heterocycles. The molecule has 0 aliphatic carbocycles. The van der Waals surface area contributed by atoms with E-state index >= 15 is 0 Å². The number of hydrogen-bond acceptors (Lipinski definition) is 6. The molecule has 2 aliphatic rings. The van der Waals surface area contributed by atoms with Crippen LogP contribution in [0, 0.1) is 11.3 Å². The van der Waals surface area contributed by atoms with Crippen molar-refractivity contribution in [3.8, 4) is 6.07 Å². The highest BCUT2D eigenvalue weighted by Gasteiger charge is 2.23. The summed E-state index contributed by atoms with van der Waals surface area (Å²) in [6.07, 6.45) is 2.51. The predicted molar refractivity (Wildman–Crippen MR) is 137 cm³/mol. The zero-order valence-corrected chi connectivity index (χ0v) is 22.6. The van der Waals surface area contributed by atoms with Gasteiger partial charge in [-0.15, -0.1) is 0 Å². The van der Waals surface area contributed by atoms with Crippen LogP contribution >= 0.6 is 23.2 Å². The summed E-state index contributed by atoms with van der Waals surface area (Å²) < 4.78 is 4.05. The van der Waals surface area contributed by atoms with Gasteiger partial charge >= 0.3 is 0 Å². The molecule has 0 atom stereocenters. The Morgan fingerprint density at radius 2 is 1.32 bits per heavy atom. The molecule has 34 heavy (non-hydrogen) atoms. The normalized spacial score (nSPS) is 16.9. The predicted octanol–water partition coefficient (Wildman–Crippen LogP) is 4.09. The van der Waals surface area contributed by atoms with E-state index in [1.54, 1.807) is 0 Å². The Bertz CT molecular complexity index is 988. The van der Waals surface area contributed by atoms with Crippen LogP contribution in [0.4, 0.5) is 0 Å². The maximum absolute atomic E-state index is 8.73. The van der Waals surface area contributed by atoms with Gasteiger partial charge in [0.05, 0.1) is 45.3 Å². The standard InChI is InChI=1S/C12H21ClN4.C12H17ClN4/c1-9(2)16-5-4-6-17-11(8-16)12(13)10(15-17)7-14-3;1-9(2)16-6-3-7-17-11(8-16)12(13)10(15-17)4-5-14/h9,14H,4-8H2,1-3H3;9H,3-4,6-8H2,1-2H3. The quantitative estimate of drug-likeness (QED) is 0.655. The van der Waals surface area contributed by atoms with E-state index in [-0.39, 0.29) is 0 Å². The smallest absolute Gasteiger partial charge is 0.0954 e. The van der Waals surface area contributed by atoms with E-state index in [0.29, 0.717) is 23.5 Å². The summed E-state index contributed by atoms with van der Waals surface area (Å²) in [4.78, 5) is 4.85. The SMILES string of the molecule is CC(C)N1CCCn2nc(CC#N)c(Cl)c2C1.CNCc1nn2c(c1Cl)CN(C(C)C)CCC2. The first-order chi connectivity index (χ1) is 16.3. The van der Waals surface area contributed by atoms with Crippen molar-refractivity contribution in [3.63, 3.8) is 0 Å². The average Bonchev–Trinajstić information content (AvgIpc) is 3.06. The maximum atomic E-state index is 8.73. The Balaban J connectivity index is 0.000000191. The van der Waals surface area contributed by atoms with Crippen LogP contribution in [0.1, 0.15) is 63.3 Å². The van der Waals surface area contributed by atoms with E-state index < -0.39 is 0 Å². The molecule has 0 saturated carbocycles. The molecule has 1 N–H and O–H groups in total. The molecule has 4 rings (SSSR count). The van der Waals surface area contributed by atoms with Gasteiger partial charge in [0.1, 0.15) is 0 Å². The maximum Gasteiger partial charge on any atom is 0.0954 e. The fourth-order valence-corrected chi connectivity index (χ4v) is 5.00. The second kappa shape index (κ2) is 12.4. The fraction of sp³-hybridized carbons (Fsp3) is 0.708. The fourth-order valence-electron chi connectivity index (χ4n) is 4.47. The second-order valence-electron chi connectivity index (χ2n) is 9.56. The zero-order chi connectivity index (χ0) is 24.8. The van der Waals surface area contributed by atoms with Crippen molar-refractivity contribution in [1.29, 1.82) is 5.26 Å². The van der Waals surface area contributed by atoms with E-state index in [0.717, 1.165) is 80.8 Å². The monoisotopic (exact) mass is 508 g/mol. The Morgan fingerprint density at radius 1 is 0.853 bits per heavy atom. The average molecular weight is 510 g/mol. The van der Waals surface area contributed by atoms with Crippen molar-refractivity contribution in [2.75, 3.05) is 20.1 Å². The van der Waals surface area contributed by atoms with Gasteiger partial charge in [-0.2, -0.15) is 15.5 Å². The van der Waals surface area contributed by atoms with Gasteiger partial charge in [0.25, 0.3) is 0 Å². The number of fused-ring (bicyclic) bond motifs is 2. The third-order valence-electron chi connectivity index (χ3n) is 6.51. The molecule has 0 fully saturated rings. The van der Waals surface area contributed by atoms with Crippen LogP contribution in [0.5, 0.6) is 0 Å². The molecular weight excluding hydrogens is 471 g/mol. The molecule has 2 aromatic heterocycles. The first kappa shape index (κ1) is 27.0. The largest absolute Gasteiger partial charge is 0.314 e. The summed E-state index contributed by atoms with van der Waals surface area (Å²) in [7, 11) is 1.92. The molecule has 0 radical (unpaired) electrons. The van der Waals surface area contributed by atoms with Gasteiger partial charge in [-0.3, -0.25) is 19.2 Å². The lowest BCUT2D eigenvalue weighted by molar-refractivity contribution is 0.216. The third kappa shape index (κ3) is 6.32. The second-order valence-corrected chi connectivity index (χ2v) is 10.3. The summed E-state index contributed by atoms with van der Waals surface area (Å²) in [5, 5.41) is 22.4. The highest BCUT2D eigenvalue weighted by molar-refractivity contribution is 6.32. The summed E-state index contributed by atoms with van der Waals surface area (Å²) in [6.45, 7) is 15.4. The van der Waals surface area contributed by atoms with Gasteiger partial charge in [0, 0.05) is 57.9 Å². The molecule has 0 aromatic carbocycles. The van der Waals surface area contributed by atoms with E-state index in [2.05, 4.69) is 63.8 Å². The third-order valence-corrected chi connectivity index (χ3v) is 7.38. The molecule has 0 spiro atoms. The Labute approximate surface area is 213 Å². The number of nitrogens with one attached hydrogen (secondary N) is 1. The van der Waals surface area contributed by atoms with Gasteiger partial charge in [-0.05, 0) is 47.6 Å².